The van der Waals surface area contributed by atoms with Gasteiger partial charge >= 0.3 is 0 Å². The molecule has 2 rings (SSSR count). The molecular weight excluding hydrogens is 314 g/mol. The molecule has 1 heterocycles. The van der Waals surface area contributed by atoms with Crippen LogP contribution in [0.3, 0.4) is 0 Å². The molecule has 0 aliphatic rings. The van der Waals surface area contributed by atoms with Crippen LogP contribution in [0.15, 0.2) is 39.7 Å². The fourth-order valence-corrected chi connectivity index (χ4v) is 3.82. The summed E-state index contributed by atoms with van der Waals surface area (Å²) in [5.41, 5.74) is 6.81. The van der Waals surface area contributed by atoms with Gasteiger partial charge in [0.2, 0.25) is 0 Å². The number of hydrogen-bond acceptors (Lipinski definition) is 3. The number of nitrogens with two attached hydrogens (primary N) is 1. The van der Waals surface area contributed by atoms with Crippen molar-refractivity contribution in [3.63, 3.8) is 0 Å². The second-order valence-corrected chi connectivity index (χ2v) is 6.88. The Morgan fingerprint density at radius 2 is 2.00 bits per heavy atom. The minimum absolute atomic E-state index is 0.844. The topological polar surface area (TPSA) is 26.0 Å². The maximum Gasteiger partial charge on any atom is 0.0463 e. The molecule has 0 atom stereocenters. The number of hydrogen-bond donors (Lipinski definition) is 1. The van der Waals surface area contributed by atoms with Crippen molar-refractivity contribution in [3.05, 3.63) is 44.6 Å². The van der Waals surface area contributed by atoms with Gasteiger partial charge in [0.15, 0.2) is 0 Å². The molecule has 0 aliphatic carbocycles. The third-order valence-electron chi connectivity index (χ3n) is 2.41. The molecule has 2 aromatic rings. The van der Waals surface area contributed by atoms with Crippen molar-refractivity contribution in [2.24, 2.45) is 0 Å². The van der Waals surface area contributed by atoms with Crippen LogP contribution in [0.2, 0.25) is 0 Å². The van der Waals surface area contributed by atoms with Gasteiger partial charge in [0.05, 0.1) is 0 Å². The van der Waals surface area contributed by atoms with Gasteiger partial charge in [-0.1, -0.05) is 22.9 Å². The van der Waals surface area contributed by atoms with Crippen molar-refractivity contribution >= 4 is 44.7 Å². The fraction of sp³-hybridized carbons (Fsp3) is 0.231. The van der Waals surface area contributed by atoms with Crippen LogP contribution in [0.25, 0.3) is 0 Å². The molecule has 0 fully saturated rings. The Kier molecular flexibility index (Phi) is 4.54. The third kappa shape index (κ3) is 3.50. The van der Waals surface area contributed by atoms with Crippen LogP contribution < -0.4 is 5.73 Å². The lowest BCUT2D eigenvalue weighted by atomic mass is 10.3. The van der Waals surface area contributed by atoms with Gasteiger partial charge in [-0.15, -0.1) is 23.1 Å². The van der Waals surface area contributed by atoms with Crippen LogP contribution in [0.1, 0.15) is 16.7 Å². The van der Waals surface area contributed by atoms with Gasteiger partial charge < -0.3 is 5.73 Å². The van der Waals surface area contributed by atoms with Crippen molar-refractivity contribution in [2.45, 2.75) is 24.0 Å². The van der Waals surface area contributed by atoms with Crippen molar-refractivity contribution < 1.29 is 0 Å². The molecule has 0 saturated heterocycles. The number of anilines is 1. The van der Waals surface area contributed by atoms with Crippen LogP contribution in [0, 0.1) is 0 Å². The average molecular weight is 328 g/mol. The maximum absolute atomic E-state index is 5.97. The van der Waals surface area contributed by atoms with Gasteiger partial charge in [0.1, 0.15) is 0 Å². The van der Waals surface area contributed by atoms with E-state index in [1.807, 2.05) is 23.5 Å². The van der Waals surface area contributed by atoms with Gasteiger partial charge in [-0.2, -0.15) is 0 Å². The van der Waals surface area contributed by atoms with Gasteiger partial charge in [-0.3, -0.25) is 0 Å². The number of thiophene rings is 1. The zero-order valence-corrected chi connectivity index (χ0v) is 12.8. The van der Waals surface area contributed by atoms with E-state index in [1.54, 1.807) is 11.8 Å². The number of halogens is 1. The normalized spacial score (nSPS) is 10.7. The SMILES string of the molecule is CCc1ccc(CSc2ccc(Br)cc2N)s1. The molecular formula is C13H14BrNS2. The highest BCUT2D eigenvalue weighted by Crippen LogP contribution is 2.32. The van der Waals surface area contributed by atoms with E-state index in [4.69, 9.17) is 5.73 Å². The predicted octanol–water partition coefficient (Wildman–Crippen LogP) is 4.95. The summed E-state index contributed by atoms with van der Waals surface area (Å²) in [5, 5.41) is 0. The number of rotatable bonds is 4. The lowest BCUT2D eigenvalue weighted by Crippen LogP contribution is -1.88. The van der Waals surface area contributed by atoms with Gasteiger partial charge in [-0.05, 0) is 36.8 Å². The fourth-order valence-electron chi connectivity index (χ4n) is 1.49. The van der Waals surface area contributed by atoms with E-state index in [9.17, 15) is 0 Å². The number of benzene rings is 1. The molecule has 0 amide bonds. The molecule has 1 aromatic carbocycles. The van der Waals surface area contributed by atoms with Crippen LogP contribution in [-0.2, 0) is 12.2 Å². The molecule has 0 saturated carbocycles. The van der Waals surface area contributed by atoms with Gasteiger partial charge in [0, 0.05) is 30.6 Å². The van der Waals surface area contributed by atoms with E-state index >= 15 is 0 Å². The molecule has 17 heavy (non-hydrogen) atoms. The van der Waals surface area contributed by atoms with Crippen molar-refractivity contribution in [3.8, 4) is 0 Å². The van der Waals surface area contributed by atoms with E-state index in [0.29, 0.717) is 0 Å². The average Bonchev–Trinajstić information content (AvgIpc) is 2.76. The zero-order valence-electron chi connectivity index (χ0n) is 9.57. The van der Waals surface area contributed by atoms with Crippen LogP contribution in [0.5, 0.6) is 0 Å². The van der Waals surface area contributed by atoms with E-state index in [2.05, 4.69) is 41.1 Å². The molecule has 90 valence electrons. The van der Waals surface area contributed by atoms with Crippen LogP contribution >= 0.6 is 39.0 Å². The van der Waals surface area contributed by atoms with Gasteiger partial charge in [0.25, 0.3) is 0 Å². The standard InChI is InChI=1S/C13H14BrNS2/c1-2-10-4-5-11(17-10)8-16-13-6-3-9(14)7-12(13)15/h3-7H,2,8,15H2,1H3. The summed E-state index contributed by atoms with van der Waals surface area (Å²) < 4.78 is 1.03. The number of nitrogen functional groups attached to an aromatic ring is 1. The van der Waals surface area contributed by atoms with Crippen molar-refractivity contribution in [1.82, 2.24) is 0 Å². The first-order chi connectivity index (χ1) is 8.19. The summed E-state index contributed by atoms with van der Waals surface area (Å²) in [6.07, 6.45) is 1.12. The Balaban J connectivity index is 2.02. The lowest BCUT2D eigenvalue weighted by Gasteiger charge is -2.04. The molecule has 0 spiro atoms. The van der Waals surface area contributed by atoms with E-state index in [0.717, 1.165) is 27.2 Å². The number of aryl methyl sites for hydroxylation is 1. The zero-order chi connectivity index (χ0) is 12.3. The molecule has 0 unspecified atom stereocenters. The highest BCUT2D eigenvalue weighted by atomic mass is 79.9. The molecule has 1 nitrogen and oxygen atoms in total. The Labute approximate surface area is 119 Å². The number of thioether (sulfide) groups is 1. The van der Waals surface area contributed by atoms with E-state index in [-0.39, 0.29) is 0 Å². The Hall–Kier alpha value is -0.450. The van der Waals surface area contributed by atoms with Crippen molar-refractivity contribution in [2.75, 3.05) is 5.73 Å². The minimum atomic E-state index is 0.844. The molecule has 0 radical (unpaired) electrons. The summed E-state index contributed by atoms with van der Waals surface area (Å²) in [4.78, 5) is 4.01. The second kappa shape index (κ2) is 5.94. The maximum atomic E-state index is 5.97. The summed E-state index contributed by atoms with van der Waals surface area (Å²) in [7, 11) is 0. The quantitative estimate of drug-likeness (QED) is 0.635. The first-order valence-electron chi connectivity index (χ1n) is 5.44. The summed E-state index contributed by atoms with van der Waals surface area (Å²) >= 11 is 7.11. The summed E-state index contributed by atoms with van der Waals surface area (Å²) in [5.74, 6) is 0.997. The first-order valence-corrected chi connectivity index (χ1v) is 8.04. The first kappa shape index (κ1) is 13.0. The lowest BCUT2D eigenvalue weighted by molar-refractivity contribution is 1.19. The monoisotopic (exact) mass is 327 g/mol. The smallest absolute Gasteiger partial charge is 0.0463 e. The van der Waals surface area contributed by atoms with E-state index < -0.39 is 0 Å². The second-order valence-electron chi connectivity index (χ2n) is 3.69. The Morgan fingerprint density at radius 3 is 2.65 bits per heavy atom. The molecule has 2 N–H and O–H groups in total. The van der Waals surface area contributed by atoms with Crippen LogP contribution in [0.4, 0.5) is 5.69 Å². The summed E-state index contributed by atoms with van der Waals surface area (Å²) in [6.45, 7) is 2.19. The molecule has 4 heteroatoms. The van der Waals surface area contributed by atoms with Crippen LogP contribution in [-0.4, -0.2) is 0 Å². The largest absolute Gasteiger partial charge is 0.398 e. The van der Waals surface area contributed by atoms with Gasteiger partial charge in [-0.25, -0.2) is 0 Å². The van der Waals surface area contributed by atoms with Crippen molar-refractivity contribution in [1.29, 1.82) is 0 Å². The summed E-state index contributed by atoms with van der Waals surface area (Å²) in [6, 6.07) is 10.5. The third-order valence-corrected chi connectivity index (χ3v) is 5.45. The Bertz CT molecular complexity index is 508. The molecule has 1 aromatic heterocycles. The Morgan fingerprint density at radius 1 is 1.24 bits per heavy atom. The predicted molar refractivity (Wildman–Crippen MR) is 81.8 cm³/mol. The minimum Gasteiger partial charge on any atom is -0.398 e. The highest BCUT2D eigenvalue weighted by Gasteiger charge is 2.03. The van der Waals surface area contributed by atoms with E-state index in [1.165, 1.54) is 9.75 Å². The molecule has 0 aliphatic heterocycles. The molecule has 0 bridgehead atoms. The highest BCUT2D eigenvalue weighted by molar-refractivity contribution is 9.10.